The summed E-state index contributed by atoms with van der Waals surface area (Å²) >= 11 is 0. The zero-order valence-corrected chi connectivity index (χ0v) is 15.3. The van der Waals surface area contributed by atoms with Crippen LogP contribution in [0.15, 0.2) is 36.7 Å². The summed E-state index contributed by atoms with van der Waals surface area (Å²) in [6.07, 6.45) is 4.51. The molecule has 138 valence electrons. The van der Waals surface area contributed by atoms with Crippen molar-refractivity contribution >= 4 is 28.4 Å². The fourth-order valence-corrected chi connectivity index (χ4v) is 3.90. The highest BCUT2D eigenvalue weighted by molar-refractivity contribution is 5.86. The molecule has 2 bridgehead atoms. The molecule has 3 aromatic rings. The first-order valence-electron chi connectivity index (χ1n) is 9.27. The first-order chi connectivity index (χ1) is 13.1. The number of nitrogens with one attached hydrogen (secondary N) is 1. The minimum Gasteiger partial charge on any atom is -0.488 e. The van der Waals surface area contributed by atoms with Crippen LogP contribution in [-0.4, -0.2) is 32.5 Å². The second-order valence-corrected chi connectivity index (χ2v) is 7.24. The number of aromatic nitrogens is 3. The molecule has 2 N–H and O–H groups in total. The number of aliphatic hydroxyl groups is 1. The first-order valence-corrected chi connectivity index (χ1v) is 9.27. The molecule has 7 heteroatoms. The van der Waals surface area contributed by atoms with Gasteiger partial charge in [0.15, 0.2) is 5.82 Å². The van der Waals surface area contributed by atoms with E-state index in [0.717, 1.165) is 23.9 Å². The van der Waals surface area contributed by atoms with Crippen molar-refractivity contribution in [3.05, 3.63) is 42.2 Å². The van der Waals surface area contributed by atoms with Gasteiger partial charge < -0.3 is 15.2 Å². The molecule has 0 aliphatic carbocycles. The lowest BCUT2D eigenvalue weighted by Crippen LogP contribution is -2.32. The highest BCUT2D eigenvalue weighted by Crippen LogP contribution is 2.45. The summed E-state index contributed by atoms with van der Waals surface area (Å²) in [7, 11) is 0. The SMILES string of the molecule is C[C@@H]1CC[C@H](C)Oc2ccnc3c2N(c2ccc4nccc1c4n2)C(O)N3. The van der Waals surface area contributed by atoms with Crippen LogP contribution in [-0.2, 0) is 0 Å². The maximum atomic E-state index is 10.7. The van der Waals surface area contributed by atoms with E-state index in [1.54, 1.807) is 11.1 Å². The third-order valence-corrected chi connectivity index (χ3v) is 5.35. The van der Waals surface area contributed by atoms with Crippen molar-refractivity contribution in [1.82, 2.24) is 15.0 Å². The van der Waals surface area contributed by atoms with E-state index in [2.05, 4.69) is 29.1 Å². The topological polar surface area (TPSA) is 83.4 Å². The molecule has 7 nitrogen and oxygen atoms in total. The van der Waals surface area contributed by atoms with Crippen molar-refractivity contribution in [2.75, 3.05) is 10.2 Å². The molecule has 0 saturated heterocycles. The molecule has 0 fully saturated rings. The molecule has 0 amide bonds. The molecule has 1 unspecified atom stereocenters. The smallest absolute Gasteiger partial charge is 0.212 e. The highest BCUT2D eigenvalue weighted by Gasteiger charge is 2.34. The van der Waals surface area contributed by atoms with Crippen LogP contribution in [0, 0.1) is 0 Å². The van der Waals surface area contributed by atoms with E-state index in [1.807, 2.05) is 30.5 Å². The second kappa shape index (κ2) is 6.06. The van der Waals surface area contributed by atoms with Crippen molar-refractivity contribution in [2.24, 2.45) is 0 Å². The zero-order chi connectivity index (χ0) is 18.5. The van der Waals surface area contributed by atoms with Crippen LogP contribution >= 0.6 is 0 Å². The van der Waals surface area contributed by atoms with Crippen molar-refractivity contribution < 1.29 is 9.84 Å². The third-order valence-electron chi connectivity index (χ3n) is 5.35. The standard InChI is InChI=1S/C20H21N5O2/c1-11-3-4-12(2)27-15-8-10-22-19-18(15)25(20(26)24-19)16-6-5-14-17(23-16)13(11)7-9-21-14/h5-12,20,26H,3-4H2,1-2H3,(H,22,24)/t11-,12+,20?/m1/s1. The Morgan fingerprint density at radius 3 is 2.85 bits per heavy atom. The van der Waals surface area contributed by atoms with Crippen LogP contribution in [0.1, 0.15) is 38.2 Å². The normalized spacial score (nSPS) is 24.0. The molecular weight excluding hydrogens is 342 g/mol. The van der Waals surface area contributed by atoms with Crippen molar-refractivity contribution in [3.63, 3.8) is 0 Å². The fraction of sp³-hybridized carbons (Fsp3) is 0.350. The van der Waals surface area contributed by atoms with E-state index >= 15 is 0 Å². The Balaban J connectivity index is 1.77. The number of hydrogen-bond acceptors (Lipinski definition) is 7. The summed E-state index contributed by atoms with van der Waals surface area (Å²) in [5.74, 6) is 2.25. The van der Waals surface area contributed by atoms with Crippen LogP contribution in [0.25, 0.3) is 11.0 Å². The minimum absolute atomic E-state index is 0.0431. The van der Waals surface area contributed by atoms with Crippen molar-refractivity contribution in [1.29, 1.82) is 0 Å². The Labute approximate surface area is 157 Å². The summed E-state index contributed by atoms with van der Waals surface area (Å²) in [5.41, 5.74) is 3.62. The predicted octanol–water partition coefficient (Wildman–Crippen LogP) is 3.53. The van der Waals surface area contributed by atoms with Gasteiger partial charge in [0.05, 0.1) is 17.1 Å². The van der Waals surface area contributed by atoms with Gasteiger partial charge in [0.1, 0.15) is 17.3 Å². The van der Waals surface area contributed by atoms with Gasteiger partial charge in [0, 0.05) is 18.5 Å². The number of rotatable bonds is 0. The van der Waals surface area contributed by atoms with Crippen molar-refractivity contribution in [3.8, 4) is 5.75 Å². The maximum Gasteiger partial charge on any atom is 0.212 e. The molecule has 5 rings (SSSR count). The summed E-state index contributed by atoms with van der Waals surface area (Å²) in [4.78, 5) is 15.4. The Hall–Kier alpha value is -2.93. The van der Waals surface area contributed by atoms with Gasteiger partial charge in [0.25, 0.3) is 0 Å². The quantitative estimate of drug-likeness (QED) is 0.632. The van der Waals surface area contributed by atoms with Gasteiger partial charge in [-0.25, -0.2) is 9.97 Å². The van der Waals surface area contributed by atoms with Crippen LogP contribution in [0.5, 0.6) is 5.75 Å². The number of nitrogens with zero attached hydrogens (tertiary/aromatic N) is 4. The molecule has 0 radical (unpaired) electrons. The van der Waals surface area contributed by atoms with Gasteiger partial charge in [0.2, 0.25) is 6.35 Å². The fourth-order valence-electron chi connectivity index (χ4n) is 3.90. The highest BCUT2D eigenvalue weighted by atomic mass is 16.5. The van der Waals surface area contributed by atoms with E-state index in [4.69, 9.17) is 9.72 Å². The largest absolute Gasteiger partial charge is 0.488 e. The predicted molar refractivity (Wildman–Crippen MR) is 103 cm³/mol. The molecule has 0 spiro atoms. The van der Waals surface area contributed by atoms with E-state index in [1.165, 1.54) is 5.56 Å². The summed E-state index contributed by atoms with van der Waals surface area (Å²) in [5, 5.41) is 13.6. The van der Waals surface area contributed by atoms with E-state index < -0.39 is 6.35 Å². The third kappa shape index (κ3) is 2.57. The second-order valence-electron chi connectivity index (χ2n) is 7.24. The number of hydrogen-bond donors (Lipinski definition) is 2. The van der Waals surface area contributed by atoms with Crippen LogP contribution in [0.2, 0.25) is 0 Å². The average Bonchev–Trinajstić information content (AvgIpc) is 3.01. The molecule has 3 atom stereocenters. The maximum absolute atomic E-state index is 10.7. The lowest BCUT2D eigenvalue weighted by molar-refractivity contribution is 0.200. The van der Waals surface area contributed by atoms with Gasteiger partial charge >= 0.3 is 0 Å². The van der Waals surface area contributed by atoms with E-state index in [-0.39, 0.29) is 6.10 Å². The first kappa shape index (κ1) is 16.3. The molecule has 0 aromatic carbocycles. The summed E-state index contributed by atoms with van der Waals surface area (Å²) in [6, 6.07) is 7.70. The summed E-state index contributed by atoms with van der Waals surface area (Å²) < 4.78 is 6.23. The average molecular weight is 363 g/mol. The lowest BCUT2D eigenvalue weighted by Gasteiger charge is -2.26. The van der Waals surface area contributed by atoms with Crippen LogP contribution < -0.4 is 15.0 Å². The van der Waals surface area contributed by atoms with Gasteiger partial charge in [-0.05, 0) is 49.4 Å². The lowest BCUT2D eigenvalue weighted by atomic mass is 9.94. The zero-order valence-electron chi connectivity index (χ0n) is 15.3. The molecule has 2 aliphatic rings. The molecule has 0 saturated carbocycles. The number of anilines is 3. The number of ether oxygens (including phenoxy) is 1. The van der Waals surface area contributed by atoms with Gasteiger partial charge in [-0.1, -0.05) is 6.92 Å². The molecular formula is C20H21N5O2. The van der Waals surface area contributed by atoms with Gasteiger partial charge in [-0.3, -0.25) is 9.88 Å². The molecule has 5 heterocycles. The Morgan fingerprint density at radius 2 is 1.96 bits per heavy atom. The van der Waals surface area contributed by atoms with Crippen molar-refractivity contribution in [2.45, 2.75) is 45.1 Å². The Morgan fingerprint density at radius 1 is 1.11 bits per heavy atom. The van der Waals surface area contributed by atoms with Crippen LogP contribution in [0.3, 0.4) is 0 Å². The number of aliphatic hydroxyl groups excluding tert-OH is 1. The Bertz CT molecular complexity index is 1020. The van der Waals surface area contributed by atoms with Gasteiger partial charge in [-0.2, -0.15) is 0 Å². The molecule has 27 heavy (non-hydrogen) atoms. The number of fused-ring (bicyclic) bond motifs is 2. The van der Waals surface area contributed by atoms with E-state index in [0.29, 0.717) is 29.0 Å². The number of pyridine rings is 3. The molecule has 3 aromatic heterocycles. The minimum atomic E-state index is -0.960. The molecule has 2 aliphatic heterocycles. The summed E-state index contributed by atoms with van der Waals surface area (Å²) in [6.45, 7) is 4.29. The van der Waals surface area contributed by atoms with Gasteiger partial charge in [-0.15, -0.1) is 0 Å². The van der Waals surface area contributed by atoms with Crippen LogP contribution in [0.4, 0.5) is 17.3 Å². The monoisotopic (exact) mass is 363 g/mol. The Kier molecular flexibility index (Phi) is 3.65. The van der Waals surface area contributed by atoms with E-state index in [9.17, 15) is 5.11 Å².